The molecule has 0 N–H and O–H groups in total. The van der Waals surface area contributed by atoms with Crippen LogP contribution in [0.25, 0.3) is 0 Å². The molecule has 0 unspecified atom stereocenters. The maximum absolute atomic E-state index is 11.2. The third-order valence-corrected chi connectivity index (χ3v) is 2.33. The number of ketones is 1. The van der Waals surface area contributed by atoms with Gasteiger partial charge in [-0.2, -0.15) is 11.6 Å². The summed E-state index contributed by atoms with van der Waals surface area (Å²) in [6.45, 7) is 1.61. The van der Waals surface area contributed by atoms with Crippen LogP contribution in [0.3, 0.4) is 0 Å². The van der Waals surface area contributed by atoms with Crippen LogP contribution in [0.4, 0.5) is 0 Å². The van der Waals surface area contributed by atoms with E-state index in [0.717, 1.165) is 24.0 Å². The molecular formula is C12H11FeO-. The predicted octanol–water partition coefficient (Wildman–Crippen LogP) is 2.52. The molecule has 0 saturated carbocycles. The molecular weight excluding hydrogens is 216 g/mol. The van der Waals surface area contributed by atoms with Gasteiger partial charge in [-0.15, -0.1) is 17.7 Å². The first kappa shape index (κ1) is 11.2. The summed E-state index contributed by atoms with van der Waals surface area (Å²) in [5, 5.41) is 0. The van der Waals surface area contributed by atoms with Crippen LogP contribution in [0.2, 0.25) is 0 Å². The number of carbonyl (C=O) groups is 1. The molecule has 1 nitrogen and oxygen atoms in total. The molecule has 0 aromatic heterocycles. The summed E-state index contributed by atoms with van der Waals surface area (Å²) in [7, 11) is 0. The average molecular weight is 227 g/mol. The minimum Gasteiger partial charge on any atom is -0.309 e. The van der Waals surface area contributed by atoms with Crippen molar-refractivity contribution in [3.8, 4) is 0 Å². The van der Waals surface area contributed by atoms with Gasteiger partial charge in [0.2, 0.25) is 0 Å². The van der Waals surface area contributed by atoms with E-state index in [-0.39, 0.29) is 22.9 Å². The third kappa shape index (κ3) is 1.97. The molecule has 0 aromatic rings. The molecule has 0 spiro atoms. The van der Waals surface area contributed by atoms with Gasteiger partial charge in [0.15, 0.2) is 0 Å². The second-order valence-electron chi connectivity index (χ2n) is 3.25. The average Bonchev–Trinajstić information content (AvgIpc) is 2.74. The minimum absolute atomic E-state index is 0. The molecule has 0 amide bonds. The first-order chi connectivity index (χ1) is 6.29. The summed E-state index contributed by atoms with van der Waals surface area (Å²) in [5.74, 6) is 0.146. The first-order valence-corrected chi connectivity index (χ1v) is 4.47. The Labute approximate surface area is 94.7 Å². The Morgan fingerprint density at radius 1 is 1.50 bits per heavy atom. The second kappa shape index (κ2) is 4.58. The number of hydrogen-bond acceptors (Lipinski definition) is 1. The molecule has 0 fully saturated rings. The Hall–Kier alpha value is -0.851. The standard InChI is InChI=1S/C12H11O.Fe/c1-9(13)11-7-4-8-12(11)10-5-2-3-6-10;/h2-3,5,7H,4,6H2,1H3;/q-1;. The minimum atomic E-state index is 0. The number of allylic oxidation sites excluding steroid dienone is 8. The number of hydrogen-bond donors (Lipinski definition) is 0. The molecule has 0 radical (unpaired) electrons. The fraction of sp³-hybridized carbons (Fsp3) is 0.250. The van der Waals surface area contributed by atoms with Gasteiger partial charge in [0.1, 0.15) is 5.78 Å². The Kier molecular flexibility index (Phi) is 3.68. The molecule has 0 saturated heterocycles. The van der Waals surface area contributed by atoms with Gasteiger partial charge in [-0.05, 0) is 6.92 Å². The van der Waals surface area contributed by atoms with Gasteiger partial charge in [0.25, 0.3) is 0 Å². The molecule has 0 atom stereocenters. The predicted molar refractivity (Wildman–Crippen MR) is 52.0 cm³/mol. The van der Waals surface area contributed by atoms with Crippen LogP contribution < -0.4 is 0 Å². The van der Waals surface area contributed by atoms with E-state index >= 15 is 0 Å². The van der Waals surface area contributed by atoms with Crippen molar-refractivity contribution in [2.24, 2.45) is 0 Å². The molecule has 74 valence electrons. The van der Waals surface area contributed by atoms with Crippen LogP contribution in [0.1, 0.15) is 19.8 Å². The largest absolute Gasteiger partial charge is 0.309 e. The molecule has 14 heavy (non-hydrogen) atoms. The summed E-state index contributed by atoms with van der Waals surface area (Å²) in [5.41, 5.74) is 3.09. The SMILES string of the molecule is CC(=O)C1=CC[C-]=C1C1=CC=CC1.[Fe]. The maximum atomic E-state index is 11.2. The van der Waals surface area contributed by atoms with Crippen molar-refractivity contribution in [1.82, 2.24) is 0 Å². The van der Waals surface area contributed by atoms with Crippen molar-refractivity contribution in [2.75, 3.05) is 0 Å². The first-order valence-electron chi connectivity index (χ1n) is 4.47. The van der Waals surface area contributed by atoms with Gasteiger partial charge in [-0.3, -0.25) is 0 Å². The Bertz CT molecular complexity index is 370. The van der Waals surface area contributed by atoms with Crippen molar-refractivity contribution < 1.29 is 21.9 Å². The van der Waals surface area contributed by atoms with Gasteiger partial charge in [-0.25, -0.2) is 0 Å². The monoisotopic (exact) mass is 227 g/mol. The number of rotatable bonds is 2. The van der Waals surface area contributed by atoms with Crippen molar-refractivity contribution in [3.63, 3.8) is 0 Å². The van der Waals surface area contributed by atoms with Crippen LogP contribution in [0, 0.1) is 6.08 Å². The van der Waals surface area contributed by atoms with Gasteiger partial charge in [-0.1, -0.05) is 30.6 Å². The molecule has 0 bridgehead atoms. The molecule has 2 aliphatic rings. The summed E-state index contributed by atoms with van der Waals surface area (Å²) >= 11 is 0. The summed E-state index contributed by atoms with van der Waals surface area (Å²) in [6, 6.07) is 0. The number of carbonyl (C=O) groups excluding carboxylic acids is 1. The Morgan fingerprint density at radius 2 is 2.29 bits per heavy atom. The molecule has 2 heteroatoms. The van der Waals surface area contributed by atoms with E-state index in [4.69, 9.17) is 0 Å². The molecule has 2 aliphatic carbocycles. The van der Waals surface area contributed by atoms with Gasteiger partial charge >= 0.3 is 0 Å². The second-order valence-corrected chi connectivity index (χ2v) is 3.25. The normalized spacial score (nSPS) is 18.5. The van der Waals surface area contributed by atoms with Gasteiger partial charge in [0, 0.05) is 17.1 Å². The fourth-order valence-corrected chi connectivity index (χ4v) is 1.69. The van der Waals surface area contributed by atoms with E-state index in [0.29, 0.717) is 0 Å². The molecule has 0 aliphatic heterocycles. The van der Waals surface area contributed by atoms with E-state index in [1.165, 1.54) is 5.57 Å². The zero-order chi connectivity index (χ0) is 9.26. The van der Waals surface area contributed by atoms with E-state index < -0.39 is 0 Å². The maximum Gasteiger partial charge on any atom is 0.105 e. The number of Topliss-reactive ketones (excluding diaryl/α,β-unsaturated/α-hetero) is 1. The van der Waals surface area contributed by atoms with Crippen LogP contribution in [0.5, 0.6) is 0 Å². The Morgan fingerprint density at radius 3 is 2.86 bits per heavy atom. The van der Waals surface area contributed by atoms with E-state index in [1.54, 1.807) is 6.92 Å². The zero-order valence-electron chi connectivity index (χ0n) is 7.99. The van der Waals surface area contributed by atoms with E-state index in [2.05, 4.69) is 18.2 Å². The van der Waals surface area contributed by atoms with E-state index in [1.807, 2.05) is 12.2 Å². The zero-order valence-corrected chi connectivity index (χ0v) is 9.09. The van der Waals surface area contributed by atoms with Gasteiger partial charge in [0.05, 0.1) is 0 Å². The molecule has 0 aromatic carbocycles. The fourth-order valence-electron chi connectivity index (χ4n) is 1.69. The van der Waals surface area contributed by atoms with Crippen molar-refractivity contribution in [1.29, 1.82) is 0 Å². The van der Waals surface area contributed by atoms with E-state index in [9.17, 15) is 4.79 Å². The molecule has 0 heterocycles. The van der Waals surface area contributed by atoms with Crippen molar-refractivity contribution in [2.45, 2.75) is 19.8 Å². The van der Waals surface area contributed by atoms with Crippen LogP contribution in [0.15, 0.2) is 41.0 Å². The van der Waals surface area contributed by atoms with Crippen molar-refractivity contribution >= 4 is 5.78 Å². The van der Waals surface area contributed by atoms with Crippen LogP contribution >= 0.6 is 0 Å². The van der Waals surface area contributed by atoms with Crippen molar-refractivity contribution in [3.05, 3.63) is 47.1 Å². The Balaban J connectivity index is 0.000000980. The smallest absolute Gasteiger partial charge is 0.105 e. The topological polar surface area (TPSA) is 17.1 Å². The third-order valence-electron chi connectivity index (χ3n) is 2.33. The summed E-state index contributed by atoms with van der Waals surface area (Å²) in [4.78, 5) is 11.2. The summed E-state index contributed by atoms with van der Waals surface area (Å²) < 4.78 is 0. The van der Waals surface area contributed by atoms with Crippen LogP contribution in [-0.2, 0) is 21.9 Å². The summed E-state index contributed by atoms with van der Waals surface area (Å²) in [6.07, 6.45) is 13.1. The van der Waals surface area contributed by atoms with Gasteiger partial charge < -0.3 is 4.79 Å². The van der Waals surface area contributed by atoms with Crippen LogP contribution in [-0.4, -0.2) is 5.78 Å². The molecule has 2 rings (SSSR count). The quantitative estimate of drug-likeness (QED) is 0.523.